The zero-order chi connectivity index (χ0) is 15.1. The lowest BCUT2D eigenvalue weighted by Crippen LogP contribution is -2.45. The summed E-state index contributed by atoms with van der Waals surface area (Å²) in [6.45, 7) is 5.78. The van der Waals surface area contributed by atoms with Gasteiger partial charge in [0.05, 0.1) is 12.6 Å². The molecule has 6 heteroatoms. The van der Waals surface area contributed by atoms with E-state index in [1.807, 2.05) is 0 Å². The van der Waals surface area contributed by atoms with E-state index >= 15 is 0 Å². The van der Waals surface area contributed by atoms with E-state index in [2.05, 4.69) is 19.2 Å². The molecule has 1 fully saturated rings. The first kappa shape index (κ1) is 16.8. The highest BCUT2D eigenvalue weighted by Gasteiger charge is 2.24. The van der Waals surface area contributed by atoms with Crippen LogP contribution < -0.4 is 5.32 Å². The number of rotatable bonds is 7. The number of carbonyl (C=O) groups excluding carboxylic acids is 1. The summed E-state index contributed by atoms with van der Waals surface area (Å²) >= 11 is 0. The van der Waals surface area contributed by atoms with Gasteiger partial charge in [-0.25, -0.2) is 4.79 Å². The van der Waals surface area contributed by atoms with Crippen molar-refractivity contribution in [3.05, 3.63) is 0 Å². The predicted molar refractivity (Wildman–Crippen MR) is 75.6 cm³/mol. The lowest BCUT2D eigenvalue weighted by molar-refractivity contribution is -0.138. The van der Waals surface area contributed by atoms with E-state index in [0.717, 1.165) is 12.8 Å². The van der Waals surface area contributed by atoms with Gasteiger partial charge in [0.2, 0.25) is 0 Å². The Hall–Kier alpha value is -1.30. The molecule has 2 atom stereocenters. The molecule has 0 saturated carbocycles. The van der Waals surface area contributed by atoms with Crippen molar-refractivity contribution < 1.29 is 19.4 Å². The largest absolute Gasteiger partial charge is 0.481 e. The molecule has 1 aliphatic rings. The van der Waals surface area contributed by atoms with Crippen LogP contribution in [0, 0.1) is 11.8 Å². The van der Waals surface area contributed by atoms with E-state index < -0.39 is 5.97 Å². The first-order valence-electron chi connectivity index (χ1n) is 7.20. The van der Waals surface area contributed by atoms with E-state index in [1.54, 1.807) is 11.9 Å². The maximum atomic E-state index is 12.0. The van der Waals surface area contributed by atoms with Crippen LogP contribution in [-0.4, -0.2) is 54.9 Å². The molecule has 1 saturated heterocycles. The Balaban J connectivity index is 2.40. The normalized spacial score (nSPS) is 19.9. The number of ether oxygens (including phenoxy) is 1. The van der Waals surface area contributed by atoms with Gasteiger partial charge in [-0.1, -0.05) is 13.8 Å². The highest BCUT2D eigenvalue weighted by molar-refractivity contribution is 5.74. The van der Waals surface area contributed by atoms with Crippen LogP contribution in [0.1, 0.15) is 33.1 Å². The molecule has 0 aliphatic carbocycles. The van der Waals surface area contributed by atoms with E-state index in [9.17, 15) is 9.59 Å². The number of hydrogen-bond acceptors (Lipinski definition) is 3. The number of nitrogens with one attached hydrogen (secondary N) is 1. The molecule has 2 amide bonds. The van der Waals surface area contributed by atoms with Crippen LogP contribution in [-0.2, 0) is 9.53 Å². The lowest BCUT2D eigenvalue weighted by Gasteiger charge is -2.25. The Morgan fingerprint density at radius 1 is 1.45 bits per heavy atom. The third kappa shape index (κ3) is 5.77. The molecule has 1 unspecified atom stereocenters. The van der Waals surface area contributed by atoms with E-state index in [-0.39, 0.29) is 24.4 Å². The number of carboxylic acid groups (broad SMARTS) is 1. The molecule has 0 aromatic heterocycles. The lowest BCUT2D eigenvalue weighted by atomic mass is 9.94. The van der Waals surface area contributed by atoms with Gasteiger partial charge in [-0.05, 0) is 24.7 Å². The highest BCUT2D eigenvalue weighted by atomic mass is 16.5. The van der Waals surface area contributed by atoms with Crippen LogP contribution in [0.2, 0.25) is 0 Å². The molecule has 116 valence electrons. The maximum Gasteiger partial charge on any atom is 0.317 e. The van der Waals surface area contributed by atoms with Crippen molar-refractivity contribution in [3.8, 4) is 0 Å². The number of aliphatic carboxylic acids is 1. The Labute approximate surface area is 120 Å². The fourth-order valence-electron chi connectivity index (χ4n) is 2.50. The minimum atomic E-state index is -0.817. The van der Waals surface area contributed by atoms with Crippen molar-refractivity contribution in [2.45, 2.75) is 39.2 Å². The Bertz CT molecular complexity index is 327. The molecule has 0 bridgehead atoms. The smallest absolute Gasteiger partial charge is 0.317 e. The fraction of sp³-hybridized carbons (Fsp3) is 0.857. The Morgan fingerprint density at radius 3 is 2.65 bits per heavy atom. The Kier molecular flexibility index (Phi) is 6.78. The monoisotopic (exact) mass is 286 g/mol. The topological polar surface area (TPSA) is 78.9 Å². The van der Waals surface area contributed by atoms with Crippen molar-refractivity contribution in [1.82, 2.24) is 10.2 Å². The van der Waals surface area contributed by atoms with E-state index in [1.165, 1.54) is 0 Å². The third-order valence-electron chi connectivity index (χ3n) is 3.58. The number of likely N-dealkylation sites (N-methyl/N-ethyl adjacent to an activating group) is 1. The molecule has 0 spiro atoms. The summed E-state index contributed by atoms with van der Waals surface area (Å²) in [5, 5.41) is 11.7. The zero-order valence-corrected chi connectivity index (χ0v) is 12.6. The van der Waals surface area contributed by atoms with Crippen LogP contribution in [0.3, 0.4) is 0 Å². The van der Waals surface area contributed by atoms with Gasteiger partial charge in [-0.15, -0.1) is 0 Å². The summed E-state index contributed by atoms with van der Waals surface area (Å²) < 4.78 is 5.26. The second-order valence-corrected chi connectivity index (χ2v) is 5.91. The van der Waals surface area contributed by atoms with Gasteiger partial charge in [0.15, 0.2) is 0 Å². The molecular formula is C14H26N2O4. The molecule has 1 aliphatic heterocycles. The molecule has 20 heavy (non-hydrogen) atoms. The van der Waals surface area contributed by atoms with Gasteiger partial charge >= 0.3 is 12.0 Å². The number of nitrogens with zero attached hydrogens (tertiary/aromatic N) is 1. The second kappa shape index (κ2) is 8.09. The van der Waals surface area contributed by atoms with Gasteiger partial charge in [-0.2, -0.15) is 0 Å². The van der Waals surface area contributed by atoms with Crippen molar-refractivity contribution in [3.63, 3.8) is 0 Å². The Morgan fingerprint density at radius 2 is 2.15 bits per heavy atom. The van der Waals surface area contributed by atoms with Crippen molar-refractivity contribution in [1.29, 1.82) is 0 Å². The summed E-state index contributed by atoms with van der Waals surface area (Å²) in [5.74, 6) is -0.427. The van der Waals surface area contributed by atoms with Crippen molar-refractivity contribution >= 4 is 12.0 Å². The van der Waals surface area contributed by atoms with Gasteiger partial charge in [0.25, 0.3) is 0 Å². The van der Waals surface area contributed by atoms with Crippen LogP contribution in [0.25, 0.3) is 0 Å². The average Bonchev–Trinajstić information content (AvgIpc) is 2.87. The van der Waals surface area contributed by atoms with E-state index in [4.69, 9.17) is 9.84 Å². The SMILES string of the molecule is CC(C)C[C@H](CNC(=O)N(C)C1CCOC1)CC(=O)O. The molecule has 0 radical (unpaired) electrons. The average molecular weight is 286 g/mol. The second-order valence-electron chi connectivity index (χ2n) is 5.91. The minimum Gasteiger partial charge on any atom is -0.481 e. The van der Waals surface area contributed by atoms with Crippen LogP contribution in [0.15, 0.2) is 0 Å². The highest BCUT2D eigenvalue weighted by Crippen LogP contribution is 2.15. The first-order valence-corrected chi connectivity index (χ1v) is 7.20. The zero-order valence-electron chi connectivity index (χ0n) is 12.6. The van der Waals surface area contributed by atoms with E-state index in [0.29, 0.717) is 25.7 Å². The minimum absolute atomic E-state index is 0.0234. The third-order valence-corrected chi connectivity index (χ3v) is 3.58. The van der Waals surface area contributed by atoms with Gasteiger partial charge in [-0.3, -0.25) is 4.79 Å². The van der Waals surface area contributed by atoms with Gasteiger partial charge < -0.3 is 20.1 Å². The number of urea groups is 1. The first-order chi connectivity index (χ1) is 9.40. The summed E-state index contributed by atoms with van der Waals surface area (Å²) in [6, 6.07) is -0.0299. The van der Waals surface area contributed by atoms with Crippen molar-refractivity contribution in [2.75, 3.05) is 26.8 Å². The van der Waals surface area contributed by atoms with Gasteiger partial charge in [0, 0.05) is 26.6 Å². The molecule has 6 nitrogen and oxygen atoms in total. The quantitative estimate of drug-likeness (QED) is 0.744. The van der Waals surface area contributed by atoms with Crippen LogP contribution >= 0.6 is 0 Å². The fourth-order valence-corrected chi connectivity index (χ4v) is 2.50. The molecule has 1 heterocycles. The molecule has 0 aromatic rings. The molecular weight excluding hydrogens is 260 g/mol. The number of carbonyl (C=O) groups is 2. The summed E-state index contributed by atoms with van der Waals surface area (Å²) in [4.78, 5) is 24.5. The number of carboxylic acids is 1. The van der Waals surface area contributed by atoms with Gasteiger partial charge in [0.1, 0.15) is 0 Å². The number of amides is 2. The van der Waals surface area contributed by atoms with Crippen LogP contribution in [0.4, 0.5) is 4.79 Å². The summed E-state index contributed by atoms with van der Waals surface area (Å²) in [5.41, 5.74) is 0. The maximum absolute atomic E-state index is 12.0. The molecule has 2 N–H and O–H groups in total. The van der Waals surface area contributed by atoms with Crippen LogP contribution in [0.5, 0.6) is 0 Å². The van der Waals surface area contributed by atoms with Crippen molar-refractivity contribution in [2.24, 2.45) is 11.8 Å². The molecule has 1 rings (SSSR count). The number of hydrogen-bond donors (Lipinski definition) is 2. The molecule has 0 aromatic carbocycles. The predicted octanol–water partition coefficient (Wildman–Crippen LogP) is 1.55. The summed E-state index contributed by atoms with van der Waals surface area (Å²) in [7, 11) is 1.75. The summed E-state index contributed by atoms with van der Waals surface area (Å²) in [6.07, 6.45) is 1.74. The standard InChI is InChI=1S/C14H26N2O4/c1-10(2)6-11(7-13(17)18)8-15-14(19)16(3)12-4-5-20-9-12/h10-12H,4-9H2,1-3H3,(H,15,19)(H,17,18)/t11-,12?/m0/s1.